The fourth-order valence-corrected chi connectivity index (χ4v) is 1.95. The predicted octanol–water partition coefficient (Wildman–Crippen LogP) is 3.98. The zero-order chi connectivity index (χ0) is 17.0. The Morgan fingerprint density at radius 3 is 2.35 bits per heavy atom. The molecule has 2 rings (SSSR count). The van der Waals surface area contributed by atoms with Gasteiger partial charge in [-0.15, -0.1) is 13.2 Å². The number of hydrogen-bond donors (Lipinski definition) is 2. The molecule has 0 aliphatic heterocycles. The summed E-state index contributed by atoms with van der Waals surface area (Å²) < 4.78 is 40.0. The smallest absolute Gasteiger partial charge is 0.406 e. The molecule has 7 heteroatoms. The number of aryl methyl sites for hydroxylation is 1. The van der Waals surface area contributed by atoms with E-state index in [4.69, 9.17) is 5.73 Å². The first kappa shape index (κ1) is 16.7. The van der Waals surface area contributed by atoms with Crippen molar-refractivity contribution in [3.05, 3.63) is 53.6 Å². The lowest BCUT2D eigenvalue weighted by Gasteiger charge is -2.11. The van der Waals surface area contributed by atoms with Crippen LogP contribution in [0.2, 0.25) is 0 Å². The highest BCUT2D eigenvalue weighted by molar-refractivity contribution is 6.05. The van der Waals surface area contributed by atoms with Gasteiger partial charge in [-0.05, 0) is 48.4 Å². The fourth-order valence-electron chi connectivity index (χ4n) is 1.95. The highest BCUT2D eigenvalue weighted by Gasteiger charge is 2.31. The van der Waals surface area contributed by atoms with E-state index in [9.17, 15) is 18.0 Å². The second-order valence-electron chi connectivity index (χ2n) is 4.80. The van der Waals surface area contributed by atoms with Crippen LogP contribution in [-0.2, 0) is 6.42 Å². The highest BCUT2D eigenvalue weighted by atomic mass is 19.4. The first-order chi connectivity index (χ1) is 10.8. The number of benzene rings is 2. The summed E-state index contributed by atoms with van der Waals surface area (Å²) in [7, 11) is 0. The third-order valence-corrected chi connectivity index (χ3v) is 3.12. The van der Waals surface area contributed by atoms with E-state index in [1.165, 1.54) is 12.1 Å². The zero-order valence-electron chi connectivity index (χ0n) is 12.3. The Kier molecular flexibility index (Phi) is 4.78. The number of nitrogen functional groups attached to an aromatic ring is 1. The van der Waals surface area contributed by atoms with Crippen LogP contribution in [0.15, 0.2) is 42.5 Å². The predicted molar refractivity (Wildman–Crippen MR) is 81.3 cm³/mol. The molecule has 23 heavy (non-hydrogen) atoms. The molecule has 4 nitrogen and oxygen atoms in total. The number of hydrogen-bond acceptors (Lipinski definition) is 3. The Morgan fingerprint density at radius 2 is 1.83 bits per heavy atom. The summed E-state index contributed by atoms with van der Waals surface area (Å²) in [6.07, 6.45) is -3.95. The topological polar surface area (TPSA) is 64.3 Å². The average molecular weight is 324 g/mol. The molecule has 0 unspecified atom stereocenters. The Morgan fingerprint density at radius 1 is 1.17 bits per heavy atom. The van der Waals surface area contributed by atoms with Gasteiger partial charge in [0.15, 0.2) is 0 Å². The summed E-state index contributed by atoms with van der Waals surface area (Å²) in [5.74, 6) is -0.861. The van der Waals surface area contributed by atoms with Gasteiger partial charge in [0.1, 0.15) is 5.75 Å². The molecule has 0 heterocycles. The number of alkyl halides is 3. The number of amides is 1. The molecule has 0 aromatic heterocycles. The van der Waals surface area contributed by atoms with Gasteiger partial charge in [0, 0.05) is 5.56 Å². The number of anilines is 2. The van der Waals surface area contributed by atoms with Crippen molar-refractivity contribution in [3.8, 4) is 5.75 Å². The van der Waals surface area contributed by atoms with Crippen molar-refractivity contribution in [3.63, 3.8) is 0 Å². The van der Waals surface area contributed by atoms with Gasteiger partial charge in [-0.1, -0.05) is 13.0 Å². The van der Waals surface area contributed by atoms with Crippen LogP contribution in [0.25, 0.3) is 0 Å². The molecule has 0 saturated heterocycles. The van der Waals surface area contributed by atoms with Gasteiger partial charge in [-0.2, -0.15) is 0 Å². The van der Waals surface area contributed by atoms with E-state index < -0.39 is 12.3 Å². The van der Waals surface area contributed by atoms with Crippen LogP contribution < -0.4 is 15.8 Å². The Balaban J connectivity index is 2.09. The molecule has 3 N–H and O–H groups in total. The molecule has 0 atom stereocenters. The van der Waals surface area contributed by atoms with Crippen LogP contribution in [0, 0.1) is 0 Å². The second-order valence-corrected chi connectivity index (χ2v) is 4.80. The van der Waals surface area contributed by atoms with Gasteiger partial charge in [0.2, 0.25) is 0 Å². The van der Waals surface area contributed by atoms with Gasteiger partial charge >= 0.3 is 6.36 Å². The molecule has 2 aromatic rings. The SMILES string of the molecule is CCc1ccc(NC(=O)c2ccc(OC(F)(F)F)cc2)c(N)c1. The normalized spacial score (nSPS) is 11.1. The maximum atomic E-state index is 12.1. The third kappa shape index (κ3) is 4.64. The van der Waals surface area contributed by atoms with Crippen molar-refractivity contribution in [2.24, 2.45) is 0 Å². The minimum absolute atomic E-state index is 0.193. The fraction of sp³-hybridized carbons (Fsp3) is 0.188. The van der Waals surface area contributed by atoms with Crippen molar-refractivity contribution in [1.82, 2.24) is 0 Å². The van der Waals surface area contributed by atoms with E-state index in [2.05, 4.69) is 10.1 Å². The van der Waals surface area contributed by atoms with E-state index >= 15 is 0 Å². The lowest BCUT2D eigenvalue weighted by Crippen LogP contribution is -2.17. The standard InChI is InChI=1S/C16H15F3N2O2/c1-2-10-3-8-14(13(20)9-10)21-15(22)11-4-6-12(7-5-11)23-16(17,18)19/h3-9H,2,20H2,1H3,(H,21,22). The van der Waals surface area contributed by atoms with E-state index in [1.807, 2.05) is 13.0 Å². The maximum Gasteiger partial charge on any atom is 0.573 e. The summed E-state index contributed by atoms with van der Waals surface area (Å²) in [5.41, 5.74) is 7.96. The van der Waals surface area contributed by atoms with Crippen LogP contribution in [0.3, 0.4) is 0 Å². The van der Waals surface area contributed by atoms with Gasteiger partial charge in [0.05, 0.1) is 11.4 Å². The van der Waals surface area contributed by atoms with E-state index in [-0.39, 0.29) is 11.3 Å². The second kappa shape index (κ2) is 6.60. The molecule has 0 aliphatic carbocycles. The molecule has 0 radical (unpaired) electrons. The molecule has 2 aromatic carbocycles. The average Bonchev–Trinajstić information content (AvgIpc) is 2.48. The molecule has 0 aliphatic rings. The van der Waals surface area contributed by atoms with Crippen LogP contribution in [0.4, 0.5) is 24.5 Å². The van der Waals surface area contributed by atoms with Crippen molar-refractivity contribution in [2.45, 2.75) is 19.7 Å². The van der Waals surface area contributed by atoms with Crippen molar-refractivity contribution in [2.75, 3.05) is 11.1 Å². The minimum Gasteiger partial charge on any atom is -0.406 e. The van der Waals surface area contributed by atoms with Crippen LogP contribution in [0.5, 0.6) is 5.75 Å². The molecule has 1 amide bonds. The van der Waals surface area contributed by atoms with Gasteiger partial charge < -0.3 is 15.8 Å². The number of carbonyl (C=O) groups is 1. The van der Waals surface area contributed by atoms with Gasteiger partial charge in [-0.3, -0.25) is 4.79 Å². The Bertz CT molecular complexity index is 697. The summed E-state index contributed by atoms with van der Waals surface area (Å²) in [5, 5.41) is 2.62. The van der Waals surface area contributed by atoms with E-state index in [0.717, 1.165) is 24.1 Å². The van der Waals surface area contributed by atoms with Crippen LogP contribution >= 0.6 is 0 Å². The number of nitrogens with one attached hydrogen (secondary N) is 1. The quantitative estimate of drug-likeness (QED) is 0.836. The van der Waals surface area contributed by atoms with Crippen LogP contribution in [-0.4, -0.2) is 12.3 Å². The Labute approximate surface area is 131 Å². The van der Waals surface area contributed by atoms with Crippen molar-refractivity contribution < 1.29 is 22.7 Å². The monoisotopic (exact) mass is 324 g/mol. The zero-order valence-corrected chi connectivity index (χ0v) is 12.3. The molecule has 122 valence electrons. The number of ether oxygens (including phenoxy) is 1. The Hall–Kier alpha value is -2.70. The minimum atomic E-state index is -4.76. The summed E-state index contributed by atoms with van der Waals surface area (Å²) in [6.45, 7) is 1.98. The maximum absolute atomic E-state index is 12.1. The number of halogens is 3. The lowest BCUT2D eigenvalue weighted by atomic mass is 10.1. The first-order valence-corrected chi connectivity index (χ1v) is 6.84. The largest absolute Gasteiger partial charge is 0.573 e. The van der Waals surface area contributed by atoms with Gasteiger partial charge in [0.25, 0.3) is 5.91 Å². The molecular weight excluding hydrogens is 309 g/mol. The number of nitrogens with two attached hydrogens (primary N) is 1. The van der Waals surface area contributed by atoms with Crippen molar-refractivity contribution >= 4 is 17.3 Å². The lowest BCUT2D eigenvalue weighted by molar-refractivity contribution is -0.274. The third-order valence-electron chi connectivity index (χ3n) is 3.12. The molecule has 0 bridgehead atoms. The summed E-state index contributed by atoms with van der Waals surface area (Å²) in [6, 6.07) is 9.92. The van der Waals surface area contributed by atoms with E-state index in [0.29, 0.717) is 11.4 Å². The summed E-state index contributed by atoms with van der Waals surface area (Å²) >= 11 is 0. The van der Waals surface area contributed by atoms with Gasteiger partial charge in [-0.25, -0.2) is 0 Å². The van der Waals surface area contributed by atoms with E-state index in [1.54, 1.807) is 12.1 Å². The van der Waals surface area contributed by atoms with Crippen LogP contribution in [0.1, 0.15) is 22.8 Å². The number of rotatable bonds is 4. The molecule has 0 fully saturated rings. The number of carbonyl (C=O) groups excluding carboxylic acids is 1. The molecular formula is C16H15F3N2O2. The molecule has 0 saturated carbocycles. The summed E-state index contributed by atoms with van der Waals surface area (Å²) in [4.78, 5) is 12.1. The molecule has 0 spiro atoms. The van der Waals surface area contributed by atoms with Crippen molar-refractivity contribution in [1.29, 1.82) is 0 Å². The first-order valence-electron chi connectivity index (χ1n) is 6.84. The highest BCUT2D eigenvalue weighted by Crippen LogP contribution is 2.24.